The Hall–Kier alpha value is -1.85. The SMILES string of the molecule is Nc1c(Cl)cccc1NC(=O)N(S)c1ccccc1. The molecule has 4 nitrogen and oxygen atoms in total. The van der Waals surface area contributed by atoms with Gasteiger partial charge < -0.3 is 11.1 Å². The highest BCUT2D eigenvalue weighted by Gasteiger charge is 2.13. The summed E-state index contributed by atoms with van der Waals surface area (Å²) < 4.78 is 1.19. The van der Waals surface area contributed by atoms with E-state index >= 15 is 0 Å². The number of para-hydroxylation sites is 2. The standard InChI is InChI=1S/C13H12ClN3OS/c14-10-7-4-8-11(12(10)15)16-13(18)17(19)9-5-2-1-3-6-9/h1-8,19H,15H2,(H,16,18). The predicted octanol–water partition coefficient (Wildman–Crippen LogP) is 3.81. The second-order valence-corrected chi connectivity index (χ2v) is 4.59. The van der Waals surface area contributed by atoms with Crippen LogP contribution in [0.2, 0.25) is 5.02 Å². The molecule has 3 N–H and O–H groups in total. The predicted molar refractivity (Wildman–Crippen MR) is 82.8 cm³/mol. The molecule has 0 saturated heterocycles. The maximum Gasteiger partial charge on any atom is 0.336 e. The first-order valence-electron chi connectivity index (χ1n) is 5.48. The van der Waals surface area contributed by atoms with Crippen molar-refractivity contribution in [3.05, 3.63) is 53.6 Å². The fourth-order valence-electron chi connectivity index (χ4n) is 1.50. The van der Waals surface area contributed by atoms with Gasteiger partial charge >= 0.3 is 6.03 Å². The Balaban J connectivity index is 2.15. The first kappa shape index (κ1) is 13.6. The van der Waals surface area contributed by atoms with Crippen LogP contribution in [0.1, 0.15) is 0 Å². The van der Waals surface area contributed by atoms with E-state index in [2.05, 4.69) is 18.1 Å². The quantitative estimate of drug-likeness (QED) is 0.582. The Bertz CT molecular complexity index is 592. The number of carbonyl (C=O) groups excluding carboxylic acids is 1. The Kier molecular flexibility index (Phi) is 4.19. The summed E-state index contributed by atoms with van der Waals surface area (Å²) in [6.07, 6.45) is 0. The summed E-state index contributed by atoms with van der Waals surface area (Å²) >= 11 is 10.0. The topological polar surface area (TPSA) is 58.4 Å². The maximum absolute atomic E-state index is 12.0. The molecule has 0 fully saturated rings. The van der Waals surface area contributed by atoms with Crippen LogP contribution >= 0.6 is 24.4 Å². The molecule has 2 amide bonds. The lowest BCUT2D eigenvalue weighted by Gasteiger charge is -2.17. The minimum atomic E-state index is -0.413. The highest BCUT2D eigenvalue weighted by atomic mass is 35.5. The molecular formula is C13H12ClN3OS. The van der Waals surface area contributed by atoms with E-state index in [4.69, 9.17) is 17.3 Å². The largest absolute Gasteiger partial charge is 0.396 e. The number of rotatable bonds is 2. The van der Waals surface area contributed by atoms with Gasteiger partial charge in [0.05, 0.1) is 22.1 Å². The minimum absolute atomic E-state index is 0.326. The molecule has 0 aromatic heterocycles. The van der Waals surface area contributed by atoms with Gasteiger partial charge in [0.2, 0.25) is 0 Å². The lowest BCUT2D eigenvalue weighted by molar-refractivity contribution is 0.260. The Morgan fingerprint density at radius 1 is 1.16 bits per heavy atom. The minimum Gasteiger partial charge on any atom is -0.396 e. The second-order valence-electron chi connectivity index (χ2n) is 3.78. The van der Waals surface area contributed by atoms with E-state index in [1.165, 1.54) is 4.31 Å². The number of amides is 2. The molecule has 0 aliphatic rings. The van der Waals surface area contributed by atoms with Crippen LogP contribution in [0, 0.1) is 0 Å². The molecule has 0 atom stereocenters. The molecule has 0 spiro atoms. The molecule has 0 radical (unpaired) electrons. The van der Waals surface area contributed by atoms with Gasteiger partial charge in [-0.1, -0.05) is 48.7 Å². The molecule has 19 heavy (non-hydrogen) atoms. The molecule has 0 heterocycles. The van der Waals surface area contributed by atoms with Crippen LogP contribution in [-0.2, 0) is 0 Å². The number of thiol groups is 1. The van der Waals surface area contributed by atoms with Gasteiger partial charge in [-0.2, -0.15) is 0 Å². The molecule has 2 aromatic rings. The molecule has 0 unspecified atom stereocenters. The summed E-state index contributed by atoms with van der Waals surface area (Å²) in [5.74, 6) is 0. The van der Waals surface area contributed by atoms with Crippen LogP contribution in [0.5, 0.6) is 0 Å². The van der Waals surface area contributed by atoms with Gasteiger partial charge in [0.15, 0.2) is 0 Å². The molecule has 2 rings (SSSR count). The van der Waals surface area contributed by atoms with Gasteiger partial charge in [-0.05, 0) is 24.3 Å². The van der Waals surface area contributed by atoms with Crippen molar-refractivity contribution in [3.63, 3.8) is 0 Å². The van der Waals surface area contributed by atoms with Gasteiger partial charge in [-0.25, -0.2) is 9.10 Å². The van der Waals surface area contributed by atoms with Crippen molar-refractivity contribution >= 4 is 47.5 Å². The van der Waals surface area contributed by atoms with Crippen LogP contribution in [0.25, 0.3) is 0 Å². The Morgan fingerprint density at radius 2 is 1.84 bits per heavy atom. The summed E-state index contributed by atoms with van der Waals surface area (Å²) in [7, 11) is 0. The smallest absolute Gasteiger partial charge is 0.336 e. The third-order valence-electron chi connectivity index (χ3n) is 2.49. The van der Waals surface area contributed by atoms with E-state index in [0.717, 1.165) is 0 Å². The second kappa shape index (κ2) is 5.86. The van der Waals surface area contributed by atoms with Crippen molar-refractivity contribution in [1.82, 2.24) is 0 Å². The van der Waals surface area contributed by atoms with Crippen molar-refractivity contribution in [2.75, 3.05) is 15.4 Å². The summed E-state index contributed by atoms with van der Waals surface area (Å²) in [6, 6.07) is 13.7. The van der Waals surface area contributed by atoms with E-state index in [0.29, 0.717) is 22.1 Å². The molecule has 98 valence electrons. The van der Waals surface area contributed by atoms with Gasteiger partial charge in [-0.3, -0.25) is 0 Å². The summed E-state index contributed by atoms with van der Waals surface area (Å²) in [5.41, 5.74) is 7.21. The number of halogens is 1. The Morgan fingerprint density at radius 3 is 2.53 bits per heavy atom. The number of hydrogen-bond donors (Lipinski definition) is 3. The summed E-state index contributed by atoms with van der Waals surface area (Å²) in [6.45, 7) is 0. The highest BCUT2D eigenvalue weighted by Crippen LogP contribution is 2.27. The number of benzene rings is 2. The first-order chi connectivity index (χ1) is 9.09. The number of nitrogens with zero attached hydrogens (tertiary/aromatic N) is 1. The number of nitrogens with one attached hydrogen (secondary N) is 1. The van der Waals surface area contributed by atoms with Crippen molar-refractivity contribution in [2.24, 2.45) is 0 Å². The number of hydrogen-bond acceptors (Lipinski definition) is 3. The van der Waals surface area contributed by atoms with E-state index in [1.807, 2.05) is 18.2 Å². The summed E-state index contributed by atoms with van der Waals surface area (Å²) in [5, 5.41) is 3.04. The monoisotopic (exact) mass is 293 g/mol. The number of nitrogens with two attached hydrogens (primary N) is 1. The van der Waals surface area contributed by atoms with E-state index in [1.54, 1.807) is 30.3 Å². The zero-order chi connectivity index (χ0) is 13.8. The number of nitrogen functional groups attached to an aromatic ring is 1. The fourth-order valence-corrected chi connectivity index (χ4v) is 1.86. The van der Waals surface area contributed by atoms with Crippen LogP contribution in [0.3, 0.4) is 0 Å². The molecule has 0 aliphatic carbocycles. The number of anilines is 3. The average molecular weight is 294 g/mol. The average Bonchev–Trinajstić information content (AvgIpc) is 2.44. The third kappa shape index (κ3) is 3.13. The number of carbonyl (C=O) groups is 1. The molecular weight excluding hydrogens is 282 g/mol. The van der Waals surface area contributed by atoms with Crippen LogP contribution in [0.15, 0.2) is 48.5 Å². The van der Waals surface area contributed by atoms with E-state index < -0.39 is 6.03 Å². The first-order valence-corrected chi connectivity index (χ1v) is 6.26. The molecule has 2 aromatic carbocycles. The van der Waals surface area contributed by atoms with Crippen LogP contribution in [0.4, 0.5) is 21.9 Å². The lowest BCUT2D eigenvalue weighted by atomic mass is 10.2. The normalized spacial score (nSPS) is 10.0. The van der Waals surface area contributed by atoms with Crippen LogP contribution < -0.4 is 15.4 Å². The zero-order valence-corrected chi connectivity index (χ0v) is 11.5. The van der Waals surface area contributed by atoms with E-state index in [9.17, 15) is 4.79 Å². The van der Waals surface area contributed by atoms with Gasteiger partial charge in [0, 0.05) is 0 Å². The van der Waals surface area contributed by atoms with Gasteiger partial charge in [0.1, 0.15) is 0 Å². The highest BCUT2D eigenvalue weighted by molar-refractivity contribution is 7.82. The summed E-state index contributed by atoms with van der Waals surface area (Å²) in [4.78, 5) is 12.0. The zero-order valence-electron chi connectivity index (χ0n) is 9.88. The van der Waals surface area contributed by atoms with Gasteiger partial charge in [0.25, 0.3) is 0 Å². The molecule has 0 bridgehead atoms. The van der Waals surface area contributed by atoms with Crippen molar-refractivity contribution in [3.8, 4) is 0 Å². The van der Waals surface area contributed by atoms with Crippen molar-refractivity contribution in [2.45, 2.75) is 0 Å². The lowest BCUT2D eigenvalue weighted by Crippen LogP contribution is -2.27. The Labute approximate surface area is 121 Å². The molecule has 6 heteroatoms. The van der Waals surface area contributed by atoms with Crippen LogP contribution in [-0.4, -0.2) is 6.03 Å². The molecule has 0 aliphatic heterocycles. The number of urea groups is 1. The van der Waals surface area contributed by atoms with Gasteiger partial charge in [-0.15, -0.1) is 0 Å². The molecule has 0 saturated carbocycles. The van der Waals surface area contributed by atoms with Crippen molar-refractivity contribution < 1.29 is 4.79 Å². The third-order valence-corrected chi connectivity index (χ3v) is 3.23. The fraction of sp³-hybridized carbons (Fsp3) is 0. The van der Waals surface area contributed by atoms with E-state index in [-0.39, 0.29) is 0 Å². The van der Waals surface area contributed by atoms with Crippen molar-refractivity contribution in [1.29, 1.82) is 0 Å². The maximum atomic E-state index is 12.0.